The first kappa shape index (κ1) is 22.9. The molecule has 6 rings (SSSR count). The van der Waals surface area contributed by atoms with Gasteiger partial charge in [0.15, 0.2) is 5.82 Å². The number of hydrogen-bond donors (Lipinski definition) is 2. The zero-order valence-corrected chi connectivity index (χ0v) is 20.2. The van der Waals surface area contributed by atoms with Gasteiger partial charge in [-0.05, 0) is 35.9 Å². The molecule has 5 aromatic rings. The number of aromatic nitrogens is 5. The van der Waals surface area contributed by atoms with Crippen molar-refractivity contribution in [3.05, 3.63) is 85.5 Å². The summed E-state index contributed by atoms with van der Waals surface area (Å²) in [5.74, 6) is -1.40. The molecule has 0 amide bonds. The molecule has 0 bridgehead atoms. The van der Waals surface area contributed by atoms with Crippen molar-refractivity contribution < 1.29 is 8.78 Å². The summed E-state index contributed by atoms with van der Waals surface area (Å²) in [5.41, 5.74) is 6.24. The Morgan fingerprint density at radius 2 is 1.86 bits per heavy atom. The average molecular weight is 498 g/mol. The van der Waals surface area contributed by atoms with Gasteiger partial charge >= 0.3 is 0 Å². The number of alkyl halides is 2. The van der Waals surface area contributed by atoms with Crippen molar-refractivity contribution in [3.63, 3.8) is 0 Å². The van der Waals surface area contributed by atoms with Crippen molar-refractivity contribution in [1.82, 2.24) is 29.6 Å². The highest BCUT2D eigenvalue weighted by Gasteiger charge is 2.39. The van der Waals surface area contributed by atoms with Gasteiger partial charge < -0.3 is 14.8 Å². The van der Waals surface area contributed by atoms with E-state index in [1.165, 1.54) is 0 Å². The predicted octanol–water partition coefficient (Wildman–Crippen LogP) is 6.08. The Kier molecular flexibility index (Phi) is 5.48. The van der Waals surface area contributed by atoms with Crippen LogP contribution in [0.5, 0.6) is 0 Å². The van der Waals surface area contributed by atoms with E-state index in [9.17, 15) is 8.78 Å². The number of anilines is 2. The van der Waals surface area contributed by atoms with E-state index in [-0.39, 0.29) is 13.0 Å². The first-order valence-electron chi connectivity index (χ1n) is 12.0. The second kappa shape index (κ2) is 8.85. The monoisotopic (exact) mass is 497 g/mol. The molecule has 1 aliphatic rings. The Hall–Kier alpha value is -4.53. The van der Waals surface area contributed by atoms with E-state index in [1.807, 2.05) is 72.4 Å². The lowest BCUT2D eigenvalue weighted by atomic mass is 10.1. The van der Waals surface area contributed by atoms with Gasteiger partial charge in [-0.25, -0.2) is 18.7 Å². The minimum atomic E-state index is -2.67. The van der Waals surface area contributed by atoms with E-state index < -0.39 is 5.92 Å². The van der Waals surface area contributed by atoms with Crippen LogP contribution in [0.2, 0.25) is 0 Å². The van der Waals surface area contributed by atoms with Crippen LogP contribution < -0.4 is 5.32 Å². The quantitative estimate of drug-likeness (QED) is 0.297. The summed E-state index contributed by atoms with van der Waals surface area (Å²) < 4.78 is 29.5. The van der Waals surface area contributed by atoms with Gasteiger partial charge in [0.1, 0.15) is 5.82 Å². The van der Waals surface area contributed by atoms with Crippen molar-refractivity contribution in [3.8, 4) is 22.5 Å². The van der Waals surface area contributed by atoms with Crippen molar-refractivity contribution in [2.75, 3.05) is 18.4 Å². The number of hydrogen-bond acceptors (Lipinski definition) is 5. The molecule has 7 nitrogen and oxygen atoms in total. The minimum Gasteiger partial charge on any atom is -0.364 e. The van der Waals surface area contributed by atoms with E-state index in [0.29, 0.717) is 23.9 Å². The zero-order chi connectivity index (χ0) is 25.6. The SMILES string of the molecule is C=C(c1cc2ccc(-c3nccc(Nc4ccc(-c5cn[nH]c5)cc4)n3)cc2n1C)N1CCC(F)(F)C1. The van der Waals surface area contributed by atoms with Crippen LogP contribution in [-0.2, 0) is 7.05 Å². The van der Waals surface area contributed by atoms with Crippen LogP contribution in [-0.4, -0.2) is 48.6 Å². The molecule has 4 heterocycles. The molecule has 1 saturated heterocycles. The molecule has 0 radical (unpaired) electrons. The van der Waals surface area contributed by atoms with Crippen LogP contribution >= 0.6 is 0 Å². The van der Waals surface area contributed by atoms with Gasteiger partial charge in [0.05, 0.1) is 24.1 Å². The number of nitrogens with zero attached hydrogens (tertiary/aromatic N) is 5. The number of fused-ring (bicyclic) bond motifs is 1. The molecule has 3 aromatic heterocycles. The molecular weight excluding hydrogens is 472 g/mol. The summed E-state index contributed by atoms with van der Waals surface area (Å²) in [6.07, 6.45) is 5.22. The summed E-state index contributed by atoms with van der Waals surface area (Å²) in [7, 11) is 1.92. The molecule has 37 heavy (non-hydrogen) atoms. The van der Waals surface area contributed by atoms with Gasteiger partial charge in [-0.2, -0.15) is 5.10 Å². The lowest BCUT2D eigenvalue weighted by Gasteiger charge is -2.21. The molecule has 1 aliphatic heterocycles. The maximum absolute atomic E-state index is 13.8. The van der Waals surface area contributed by atoms with E-state index in [0.717, 1.165) is 39.0 Å². The van der Waals surface area contributed by atoms with E-state index in [1.54, 1.807) is 17.3 Å². The van der Waals surface area contributed by atoms with Gasteiger partial charge in [-0.15, -0.1) is 0 Å². The molecule has 1 fully saturated rings. The second-order valence-electron chi connectivity index (χ2n) is 9.29. The number of H-pyrrole nitrogens is 1. The maximum atomic E-state index is 13.8. The average Bonchev–Trinajstić information content (AvgIpc) is 3.64. The summed E-state index contributed by atoms with van der Waals surface area (Å²) in [4.78, 5) is 10.9. The number of nitrogens with one attached hydrogen (secondary N) is 2. The molecule has 2 aromatic carbocycles. The number of halogens is 2. The molecule has 186 valence electrons. The lowest BCUT2D eigenvalue weighted by molar-refractivity contribution is 0.0169. The Morgan fingerprint density at radius 3 is 2.59 bits per heavy atom. The van der Waals surface area contributed by atoms with Crippen molar-refractivity contribution >= 4 is 28.1 Å². The minimum absolute atomic E-state index is 0.143. The number of rotatable bonds is 6. The van der Waals surface area contributed by atoms with Crippen molar-refractivity contribution in [1.29, 1.82) is 0 Å². The van der Waals surface area contributed by atoms with E-state index in [2.05, 4.69) is 27.1 Å². The Labute approximate surface area is 212 Å². The van der Waals surface area contributed by atoms with E-state index >= 15 is 0 Å². The largest absolute Gasteiger partial charge is 0.364 e. The highest BCUT2D eigenvalue weighted by atomic mass is 19.3. The first-order valence-corrected chi connectivity index (χ1v) is 12.0. The number of aryl methyl sites for hydroxylation is 1. The molecule has 0 aliphatic carbocycles. The van der Waals surface area contributed by atoms with E-state index in [4.69, 9.17) is 4.98 Å². The van der Waals surface area contributed by atoms with Gasteiger partial charge in [-0.1, -0.05) is 30.8 Å². The van der Waals surface area contributed by atoms with Crippen LogP contribution in [0.1, 0.15) is 12.1 Å². The Balaban J connectivity index is 1.24. The smallest absolute Gasteiger partial charge is 0.266 e. The van der Waals surface area contributed by atoms with Gasteiger partial charge in [0.25, 0.3) is 5.92 Å². The maximum Gasteiger partial charge on any atom is 0.266 e. The van der Waals surface area contributed by atoms with Gasteiger partial charge in [0.2, 0.25) is 0 Å². The van der Waals surface area contributed by atoms with Crippen LogP contribution in [0.25, 0.3) is 39.1 Å². The van der Waals surface area contributed by atoms with Crippen molar-refractivity contribution in [2.45, 2.75) is 12.3 Å². The Morgan fingerprint density at radius 1 is 1.05 bits per heavy atom. The first-order chi connectivity index (χ1) is 17.9. The molecule has 2 N–H and O–H groups in total. The topological polar surface area (TPSA) is 74.7 Å². The second-order valence-corrected chi connectivity index (χ2v) is 9.29. The van der Waals surface area contributed by atoms with Gasteiger partial charge in [0, 0.05) is 60.1 Å². The zero-order valence-electron chi connectivity index (χ0n) is 20.2. The third-order valence-electron chi connectivity index (χ3n) is 6.80. The van der Waals surface area contributed by atoms with Crippen LogP contribution in [0.3, 0.4) is 0 Å². The van der Waals surface area contributed by atoms with Crippen LogP contribution in [0.4, 0.5) is 20.3 Å². The number of aromatic amines is 1. The molecule has 0 spiro atoms. The molecule has 0 unspecified atom stereocenters. The van der Waals surface area contributed by atoms with Gasteiger partial charge in [-0.3, -0.25) is 5.10 Å². The molecular formula is C28H25F2N7. The lowest BCUT2D eigenvalue weighted by Crippen LogP contribution is -2.24. The fourth-order valence-electron chi connectivity index (χ4n) is 4.74. The van der Waals surface area contributed by atoms with Crippen molar-refractivity contribution in [2.24, 2.45) is 7.05 Å². The number of benzene rings is 2. The third kappa shape index (κ3) is 4.44. The molecule has 9 heteroatoms. The third-order valence-corrected chi connectivity index (χ3v) is 6.80. The normalized spacial score (nSPS) is 14.8. The van der Waals surface area contributed by atoms with Crippen LogP contribution in [0.15, 0.2) is 79.8 Å². The predicted molar refractivity (Wildman–Crippen MR) is 141 cm³/mol. The molecule has 0 atom stereocenters. The summed E-state index contributed by atoms with van der Waals surface area (Å²) in [6, 6.07) is 17.8. The standard InChI is InChI=1S/C28H25F2N7/c1-18(37-12-10-28(29,30)17-37)24-13-20-3-4-21(14-25(20)36(24)2)27-31-11-9-26(35-27)34-23-7-5-19(6-8-23)22-15-32-33-16-22/h3-9,11,13-16H,1,10,12,17H2,2H3,(H,32,33)(H,31,34,35). The highest BCUT2D eigenvalue weighted by Crippen LogP contribution is 2.34. The number of likely N-dealkylation sites (tertiary alicyclic amines) is 1. The molecule has 0 saturated carbocycles. The summed E-state index contributed by atoms with van der Waals surface area (Å²) in [5, 5.41) is 11.1. The highest BCUT2D eigenvalue weighted by molar-refractivity contribution is 5.88. The fraction of sp³-hybridized carbons (Fsp3) is 0.179. The summed E-state index contributed by atoms with van der Waals surface area (Å²) in [6.45, 7) is 4.13. The summed E-state index contributed by atoms with van der Waals surface area (Å²) >= 11 is 0. The van der Waals surface area contributed by atoms with Crippen LogP contribution in [0, 0.1) is 0 Å². The Bertz CT molecular complexity index is 1590. The fourth-order valence-corrected chi connectivity index (χ4v) is 4.74.